The van der Waals surface area contributed by atoms with Crippen LogP contribution in [0.5, 0.6) is 5.75 Å². The first-order valence-corrected chi connectivity index (χ1v) is 4.81. The van der Waals surface area contributed by atoms with Gasteiger partial charge in [-0.25, -0.2) is 9.59 Å². The molecule has 0 unspecified atom stereocenters. The van der Waals surface area contributed by atoms with Crippen molar-refractivity contribution in [3.05, 3.63) is 29.3 Å². The van der Waals surface area contributed by atoms with E-state index in [1.165, 1.54) is 25.1 Å². The number of carboxylic acids is 2. The summed E-state index contributed by atoms with van der Waals surface area (Å²) in [5, 5.41) is 26.8. The van der Waals surface area contributed by atoms with Crippen LogP contribution in [-0.2, 0) is 16.1 Å². The van der Waals surface area contributed by atoms with E-state index in [2.05, 4.69) is 0 Å². The predicted octanol–water partition coefficient (Wildman–Crippen LogP) is 1.08. The zero-order valence-electron chi connectivity index (χ0n) is 9.08. The van der Waals surface area contributed by atoms with Gasteiger partial charge in [0.15, 0.2) is 6.10 Å². The SMILES string of the molecule is C[C@H](OCc1cc(C(=O)O)ccc1O)C(=O)O. The van der Waals surface area contributed by atoms with Crippen LogP contribution in [0.2, 0.25) is 0 Å². The Hall–Kier alpha value is -2.08. The second-order valence-electron chi connectivity index (χ2n) is 3.44. The minimum Gasteiger partial charge on any atom is -0.508 e. The smallest absolute Gasteiger partial charge is 0.335 e. The molecule has 92 valence electrons. The highest BCUT2D eigenvalue weighted by molar-refractivity contribution is 5.88. The Morgan fingerprint density at radius 2 is 2.00 bits per heavy atom. The molecule has 0 radical (unpaired) electrons. The molecular formula is C11H12O6. The summed E-state index contributed by atoms with van der Waals surface area (Å²) in [7, 11) is 0. The fourth-order valence-corrected chi connectivity index (χ4v) is 1.12. The maximum Gasteiger partial charge on any atom is 0.335 e. The number of phenolic OH excluding ortho intramolecular Hbond substituents is 1. The van der Waals surface area contributed by atoms with Gasteiger partial charge in [-0.05, 0) is 25.1 Å². The van der Waals surface area contributed by atoms with Gasteiger partial charge in [0, 0.05) is 5.56 Å². The topological polar surface area (TPSA) is 104 Å². The van der Waals surface area contributed by atoms with Crippen LogP contribution in [0.25, 0.3) is 0 Å². The maximum atomic E-state index is 10.7. The van der Waals surface area contributed by atoms with E-state index >= 15 is 0 Å². The first-order chi connectivity index (χ1) is 7.91. The number of hydrogen-bond acceptors (Lipinski definition) is 4. The summed E-state index contributed by atoms with van der Waals surface area (Å²) in [4.78, 5) is 21.2. The van der Waals surface area contributed by atoms with Crippen molar-refractivity contribution in [2.75, 3.05) is 0 Å². The van der Waals surface area contributed by atoms with Crippen LogP contribution in [0.15, 0.2) is 18.2 Å². The molecule has 1 atom stereocenters. The quantitative estimate of drug-likeness (QED) is 0.711. The van der Waals surface area contributed by atoms with Crippen molar-refractivity contribution in [2.24, 2.45) is 0 Å². The van der Waals surface area contributed by atoms with E-state index in [0.717, 1.165) is 0 Å². The first kappa shape index (κ1) is 13.0. The molecule has 0 saturated carbocycles. The largest absolute Gasteiger partial charge is 0.508 e. The third-order valence-corrected chi connectivity index (χ3v) is 2.16. The molecular weight excluding hydrogens is 228 g/mol. The number of aliphatic carboxylic acids is 1. The number of phenols is 1. The standard InChI is InChI=1S/C11H12O6/c1-6(10(13)14)17-5-8-4-7(11(15)16)2-3-9(8)12/h2-4,6,12H,5H2,1H3,(H,13,14)(H,15,16)/t6-/m0/s1. The van der Waals surface area contributed by atoms with Crippen molar-refractivity contribution in [3.63, 3.8) is 0 Å². The second kappa shape index (κ2) is 5.31. The first-order valence-electron chi connectivity index (χ1n) is 4.81. The molecule has 0 aromatic heterocycles. The summed E-state index contributed by atoms with van der Waals surface area (Å²) in [6, 6.07) is 3.72. The van der Waals surface area contributed by atoms with Gasteiger partial charge < -0.3 is 20.1 Å². The molecule has 1 aromatic rings. The fraction of sp³-hybridized carbons (Fsp3) is 0.273. The Bertz CT molecular complexity index is 440. The lowest BCUT2D eigenvalue weighted by molar-refractivity contribution is -0.149. The van der Waals surface area contributed by atoms with Gasteiger partial charge in [-0.2, -0.15) is 0 Å². The van der Waals surface area contributed by atoms with Gasteiger partial charge >= 0.3 is 11.9 Å². The van der Waals surface area contributed by atoms with Crippen molar-refractivity contribution >= 4 is 11.9 Å². The van der Waals surface area contributed by atoms with Gasteiger partial charge in [-0.3, -0.25) is 0 Å². The number of aromatic hydroxyl groups is 1. The van der Waals surface area contributed by atoms with E-state index in [1.54, 1.807) is 0 Å². The molecule has 0 saturated heterocycles. The molecule has 1 aromatic carbocycles. The van der Waals surface area contributed by atoms with Crippen LogP contribution in [-0.4, -0.2) is 33.4 Å². The highest BCUT2D eigenvalue weighted by atomic mass is 16.5. The molecule has 0 spiro atoms. The van der Waals surface area contributed by atoms with E-state index < -0.39 is 18.0 Å². The Morgan fingerprint density at radius 1 is 1.35 bits per heavy atom. The summed E-state index contributed by atoms with van der Waals surface area (Å²) in [6.07, 6.45) is -1.03. The summed E-state index contributed by atoms with van der Waals surface area (Å²) >= 11 is 0. The summed E-state index contributed by atoms with van der Waals surface area (Å²) < 4.78 is 4.95. The Morgan fingerprint density at radius 3 is 2.53 bits per heavy atom. The highest BCUT2D eigenvalue weighted by Crippen LogP contribution is 2.20. The monoisotopic (exact) mass is 240 g/mol. The van der Waals surface area contributed by atoms with Gasteiger partial charge in [-0.15, -0.1) is 0 Å². The molecule has 0 fully saturated rings. The normalized spacial score (nSPS) is 12.1. The number of aromatic carboxylic acids is 1. The lowest BCUT2D eigenvalue weighted by atomic mass is 10.1. The average molecular weight is 240 g/mol. The summed E-state index contributed by atoms with van der Waals surface area (Å²) in [5.41, 5.74) is 0.238. The average Bonchev–Trinajstić information content (AvgIpc) is 2.26. The molecule has 0 aliphatic carbocycles. The lowest BCUT2D eigenvalue weighted by Gasteiger charge is -2.10. The summed E-state index contributed by atoms with van der Waals surface area (Å²) in [6.45, 7) is 1.18. The number of rotatable bonds is 5. The maximum absolute atomic E-state index is 10.7. The van der Waals surface area contributed by atoms with E-state index in [0.29, 0.717) is 0 Å². The van der Waals surface area contributed by atoms with Crippen LogP contribution in [0, 0.1) is 0 Å². The number of benzene rings is 1. The molecule has 0 heterocycles. The van der Waals surface area contributed by atoms with Crippen LogP contribution >= 0.6 is 0 Å². The molecule has 0 amide bonds. The van der Waals surface area contributed by atoms with Crippen molar-refractivity contribution < 1.29 is 29.6 Å². The molecule has 0 aliphatic rings. The molecule has 6 nitrogen and oxygen atoms in total. The van der Waals surface area contributed by atoms with E-state index in [4.69, 9.17) is 14.9 Å². The van der Waals surface area contributed by atoms with Crippen molar-refractivity contribution in [3.8, 4) is 5.75 Å². The van der Waals surface area contributed by atoms with Crippen LogP contribution in [0.1, 0.15) is 22.8 Å². The molecule has 0 aliphatic heterocycles. The predicted molar refractivity (Wildman–Crippen MR) is 57.0 cm³/mol. The minimum atomic E-state index is -1.13. The molecule has 0 bridgehead atoms. The Kier molecular flexibility index (Phi) is 4.06. The van der Waals surface area contributed by atoms with Gasteiger partial charge in [0.2, 0.25) is 0 Å². The van der Waals surface area contributed by atoms with Gasteiger partial charge in [0.05, 0.1) is 12.2 Å². The molecule has 17 heavy (non-hydrogen) atoms. The van der Waals surface area contributed by atoms with Crippen LogP contribution < -0.4 is 0 Å². The minimum absolute atomic E-state index is 0.00405. The number of carboxylic acid groups (broad SMARTS) is 2. The third kappa shape index (κ3) is 3.46. The third-order valence-electron chi connectivity index (χ3n) is 2.16. The van der Waals surface area contributed by atoms with E-state index in [1.807, 2.05) is 0 Å². The van der Waals surface area contributed by atoms with Gasteiger partial charge in [0.25, 0.3) is 0 Å². The molecule has 6 heteroatoms. The molecule has 1 rings (SSSR count). The second-order valence-corrected chi connectivity index (χ2v) is 3.44. The lowest BCUT2D eigenvalue weighted by Crippen LogP contribution is -2.19. The van der Waals surface area contributed by atoms with Gasteiger partial charge in [-0.1, -0.05) is 0 Å². The Balaban J connectivity index is 2.79. The van der Waals surface area contributed by atoms with Crippen molar-refractivity contribution in [1.82, 2.24) is 0 Å². The van der Waals surface area contributed by atoms with Crippen molar-refractivity contribution in [2.45, 2.75) is 19.6 Å². The summed E-state index contributed by atoms with van der Waals surface area (Å²) in [5.74, 6) is -2.39. The van der Waals surface area contributed by atoms with Crippen LogP contribution in [0.3, 0.4) is 0 Å². The van der Waals surface area contributed by atoms with E-state index in [9.17, 15) is 14.7 Å². The number of carbonyl (C=O) groups is 2. The zero-order valence-corrected chi connectivity index (χ0v) is 9.08. The zero-order chi connectivity index (χ0) is 13.0. The van der Waals surface area contributed by atoms with Gasteiger partial charge in [0.1, 0.15) is 5.75 Å². The fourth-order valence-electron chi connectivity index (χ4n) is 1.12. The van der Waals surface area contributed by atoms with Crippen LogP contribution in [0.4, 0.5) is 0 Å². The van der Waals surface area contributed by atoms with E-state index in [-0.39, 0.29) is 23.5 Å². The molecule has 3 N–H and O–H groups in total. The van der Waals surface area contributed by atoms with Crippen molar-refractivity contribution in [1.29, 1.82) is 0 Å². The Labute approximate surface area is 97.1 Å². The number of ether oxygens (including phenoxy) is 1. The highest BCUT2D eigenvalue weighted by Gasteiger charge is 2.13. The number of hydrogen-bond donors (Lipinski definition) is 3.